The van der Waals surface area contributed by atoms with Crippen molar-refractivity contribution < 1.29 is 28.6 Å². The molecule has 1 fully saturated rings. The van der Waals surface area contributed by atoms with E-state index in [9.17, 15) is 14.4 Å². The van der Waals surface area contributed by atoms with Crippen molar-refractivity contribution in [3.8, 4) is 0 Å². The maximum Gasteiger partial charge on any atom is 0.410 e. The first-order valence-corrected chi connectivity index (χ1v) is 12.3. The molecule has 8 nitrogen and oxygen atoms in total. The summed E-state index contributed by atoms with van der Waals surface area (Å²) >= 11 is 1.74. The minimum Gasteiger partial charge on any atom is -0.468 e. The highest BCUT2D eigenvalue weighted by Crippen LogP contribution is 2.28. The zero-order valence-corrected chi connectivity index (χ0v) is 22.4. The number of amides is 2. The van der Waals surface area contributed by atoms with Gasteiger partial charge in [0.2, 0.25) is 5.91 Å². The fraction of sp³-hybridized carbons (Fsp3) is 0.708. The first kappa shape index (κ1) is 30.9. The van der Waals surface area contributed by atoms with Gasteiger partial charge < -0.3 is 24.4 Å². The summed E-state index contributed by atoms with van der Waals surface area (Å²) in [7, 11) is 2.77. The molecule has 2 heterocycles. The minimum atomic E-state index is -0.587. The third kappa shape index (κ3) is 11.5. The van der Waals surface area contributed by atoms with Gasteiger partial charge in [-0.05, 0) is 62.9 Å². The number of thiophene rings is 1. The van der Waals surface area contributed by atoms with Crippen molar-refractivity contribution in [2.45, 2.75) is 79.1 Å². The maximum atomic E-state index is 12.4. The monoisotopic (exact) mass is 486 g/mol. The van der Waals surface area contributed by atoms with Crippen molar-refractivity contribution in [2.75, 3.05) is 27.3 Å². The predicted octanol–water partition coefficient (Wildman–Crippen LogP) is 4.41. The highest BCUT2D eigenvalue weighted by Gasteiger charge is 2.41. The van der Waals surface area contributed by atoms with Crippen molar-refractivity contribution in [3.63, 3.8) is 0 Å². The molecule has 2 rings (SSSR count). The standard InChI is InChI=1S/C17H30N2O6.C5H6S.C2H6/c1-11(15(21)18-10-13(20)23-5)14(24-6)12-8-7-9-19(12)16(22)25-17(2,3)4;1-5-2-3-6-4-5;1-2/h11-12,14H,7-10H2,1-6H3,(H,18,21);2-4H,1H3;1-2H3. The third-order valence-electron chi connectivity index (χ3n) is 4.78. The molecule has 3 atom stereocenters. The van der Waals surface area contributed by atoms with Crippen LogP contribution >= 0.6 is 11.3 Å². The Bertz CT molecular complexity index is 702. The Kier molecular flexibility index (Phi) is 14.7. The molecule has 190 valence electrons. The minimum absolute atomic E-state index is 0.198. The molecule has 1 N–H and O–H groups in total. The van der Waals surface area contributed by atoms with E-state index in [1.165, 1.54) is 19.8 Å². The summed E-state index contributed by atoms with van der Waals surface area (Å²) in [5.74, 6) is -1.39. The summed E-state index contributed by atoms with van der Waals surface area (Å²) in [5, 5.41) is 6.73. The van der Waals surface area contributed by atoms with Crippen molar-refractivity contribution in [1.29, 1.82) is 0 Å². The Morgan fingerprint density at radius 3 is 2.30 bits per heavy atom. The van der Waals surface area contributed by atoms with Gasteiger partial charge in [-0.25, -0.2) is 4.79 Å². The number of carbonyl (C=O) groups excluding carboxylic acids is 3. The summed E-state index contributed by atoms with van der Waals surface area (Å²) in [6, 6.07) is 1.85. The van der Waals surface area contributed by atoms with Gasteiger partial charge >= 0.3 is 12.1 Å². The zero-order chi connectivity index (χ0) is 25.6. The maximum absolute atomic E-state index is 12.4. The number of carbonyl (C=O) groups is 3. The molecule has 0 bridgehead atoms. The van der Waals surface area contributed by atoms with Gasteiger partial charge in [0.15, 0.2) is 0 Å². The van der Waals surface area contributed by atoms with Crippen LogP contribution in [0.2, 0.25) is 0 Å². The molecule has 0 radical (unpaired) electrons. The molecule has 1 aromatic heterocycles. The second kappa shape index (κ2) is 15.7. The Morgan fingerprint density at radius 2 is 1.88 bits per heavy atom. The van der Waals surface area contributed by atoms with E-state index in [0.29, 0.717) is 6.54 Å². The van der Waals surface area contributed by atoms with Gasteiger partial charge in [0.1, 0.15) is 12.1 Å². The topological polar surface area (TPSA) is 94.2 Å². The number of nitrogens with one attached hydrogen (secondary N) is 1. The van der Waals surface area contributed by atoms with Gasteiger partial charge in [-0.15, -0.1) is 0 Å². The summed E-state index contributed by atoms with van der Waals surface area (Å²) in [6.45, 7) is 13.6. The summed E-state index contributed by atoms with van der Waals surface area (Å²) in [4.78, 5) is 37.5. The van der Waals surface area contributed by atoms with Gasteiger partial charge in [0.05, 0.1) is 25.2 Å². The summed E-state index contributed by atoms with van der Waals surface area (Å²) in [6.07, 6.45) is 0.652. The molecule has 1 aliphatic heterocycles. The Morgan fingerprint density at radius 1 is 1.24 bits per heavy atom. The van der Waals surface area contributed by atoms with Crippen LogP contribution in [0.3, 0.4) is 0 Å². The molecule has 0 saturated carbocycles. The second-order valence-corrected chi connectivity index (χ2v) is 9.25. The number of methoxy groups -OCH3 is 2. The van der Waals surface area contributed by atoms with Crippen molar-refractivity contribution in [2.24, 2.45) is 5.92 Å². The summed E-state index contributed by atoms with van der Waals surface area (Å²) in [5.41, 5.74) is 0.774. The van der Waals surface area contributed by atoms with Crippen LogP contribution in [-0.2, 0) is 23.8 Å². The lowest BCUT2D eigenvalue weighted by Gasteiger charge is -2.34. The largest absolute Gasteiger partial charge is 0.468 e. The van der Waals surface area contributed by atoms with E-state index in [1.54, 1.807) is 23.2 Å². The van der Waals surface area contributed by atoms with Crippen LogP contribution in [-0.4, -0.2) is 67.9 Å². The van der Waals surface area contributed by atoms with E-state index < -0.39 is 29.7 Å². The molecule has 1 saturated heterocycles. The molecule has 3 unspecified atom stereocenters. The van der Waals surface area contributed by atoms with Gasteiger partial charge in [0, 0.05) is 13.7 Å². The first-order valence-electron chi connectivity index (χ1n) is 11.4. The Balaban J connectivity index is 0.00000108. The van der Waals surface area contributed by atoms with Crippen LogP contribution in [0.5, 0.6) is 0 Å². The van der Waals surface area contributed by atoms with E-state index in [0.717, 1.165) is 12.8 Å². The molecule has 0 aliphatic carbocycles. The molecule has 1 aromatic rings. The molecule has 1 aliphatic rings. The van der Waals surface area contributed by atoms with Gasteiger partial charge in [-0.3, -0.25) is 9.59 Å². The number of ether oxygens (including phenoxy) is 3. The molecular weight excluding hydrogens is 444 g/mol. The van der Waals surface area contributed by atoms with E-state index in [4.69, 9.17) is 9.47 Å². The SMILES string of the molecule is CC.COC(=O)CNC(=O)C(C)C(OC)C1CCCN1C(=O)OC(C)(C)C.Cc1ccsc1. The summed E-state index contributed by atoms with van der Waals surface area (Å²) < 4.78 is 15.5. The van der Waals surface area contributed by atoms with Gasteiger partial charge in [-0.2, -0.15) is 11.3 Å². The van der Waals surface area contributed by atoms with Crippen LogP contribution < -0.4 is 5.32 Å². The van der Waals surface area contributed by atoms with E-state index >= 15 is 0 Å². The average molecular weight is 487 g/mol. The Labute approximate surface area is 203 Å². The lowest BCUT2D eigenvalue weighted by Crippen LogP contribution is -2.51. The zero-order valence-electron chi connectivity index (χ0n) is 21.6. The Hall–Kier alpha value is -2.13. The van der Waals surface area contributed by atoms with Crippen molar-refractivity contribution in [3.05, 3.63) is 22.4 Å². The van der Waals surface area contributed by atoms with Crippen LogP contribution in [0, 0.1) is 12.8 Å². The molecule has 33 heavy (non-hydrogen) atoms. The van der Waals surface area contributed by atoms with Crippen molar-refractivity contribution >= 4 is 29.3 Å². The lowest BCUT2D eigenvalue weighted by atomic mass is 9.95. The molecule has 0 aromatic carbocycles. The number of hydrogen-bond donors (Lipinski definition) is 1. The van der Waals surface area contributed by atoms with Crippen LogP contribution in [0.4, 0.5) is 4.79 Å². The smallest absolute Gasteiger partial charge is 0.410 e. The molecule has 0 spiro atoms. The highest BCUT2D eigenvalue weighted by atomic mass is 32.1. The molecular formula is C24H42N2O6S. The van der Waals surface area contributed by atoms with Crippen LogP contribution in [0.1, 0.15) is 59.9 Å². The van der Waals surface area contributed by atoms with Crippen LogP contribution in [0.15, 0.2) is 16.8 Å². The molecule has 2 amide bonds. The number of aryl methyl sites for hydroxylation is 1. The average Bonchev–Trinajstić information content (AvgIpc) is 3.44. The predicted molar refractivity (Wildman–Crippen MR) is 131 cm³/mol. The third-order valence-corrected chi connectivity index (χ3v) is 5.58. The number of nitrogens with zero attached hydrogens (tertiary/aromatic N) is 1. The fourth-order valence-corrected chi connectivity index (χ4v) is 3.91. The highest BCUT2D eigenvalue weighted by molar-refractivity contribution is 7.07. The number of esters is 1. The molecule has 9 heteroatoms. The van der Waals surface area contributed by atoms with Gasteiger partial charge in [-0.1, -0.05) is 20.8 Å². The van der Waals surface area contributed by atoms with Gasteiger partial charge in [0.25, 0.3) is 0 Å². The van der Waals surface area contributed by atoms with E-state index in [1.807, 2.05) is 34.6 Å². The second-order valence-electron chi connectivity index (χ2n) is 8.47. The fourth-order valence-electron chi connectivity index (χ4n) is 3.25. The number of likely N-dealkylation sites (tertiary alicyclic amines) is 1. The first-order chi connectivity index (χ1) is 15.5. The number of hydrogen-bond acceptors (Lipinski definition) is 7. The van der Waals surface area contributed by atoms with E-state index in [2.05, 4.69) is 33.8 Å². The normalized spacial score (nSPS) is 16.9. The van der Waals surface area contributed by atoms with Crippen molar-refractivity contribution in [1.82, 2.24) is 10.2 Å². The quantitative estimate of drug-likeness (QED) is 0.599. The number of rotatable bonds is 6. The van der Waals surface area contributed by atoms with Crippen LogP contribution in [0.25, 0.3) is 0 Å². The van der Waals surface area contributed by atoms with E-state index in [-0.39, 0.29) is 18.5 Å². The lowest BCUT2D eigenvalue weighted by molar-refractivity contribution is -0.142.